The van der Waals surface area contributed by atoms with Gasteiger partial charge in [0.25, 0.3) is 0 Å². The highest BCUT2D eigenvalue weighted by Crippen LogP contribution is 2.08. The molecule has 0 rings (SSSR count). The molecule has 17 heavy (non-hydrogen) atoms. The molecule has 2 N–H and O–H groups in total. The Morgan fingerprint density at radius 1 is 0.824 bits per heavy atom. The van der Waals surface area contributed by atoms with E-state index in [1.165, 1.54) is 0 Å². The maximum Gasteiger partial charge on any atom is 0.0241 e. The Morgan fingerprint density at radius 2 is 1.24 bits per heavy atom. The summed E-state index contributed by atoms with van der Waals surface area (Å²) < 4.78 is 0. The van der Waals surface area contributed by atoms with E-state index in [9.17, 15) is 0 Å². The summed E-state index contributed by atoms with van der Waals surface area (Å²) in [5, 5.41) is 0. The second-order valence-corrected chi connectivity index (χ2v) is 2.55. The zero-order valence-corrected chi connectivity index (χ0v) is 11.8. The molecule has 0 aliphatic heterocycles. The van der Waals surface area contributed by atoms with Crippen molar-refractivity contribution in [1.82, 2.24) is 0 Å². The van der Waals surface area contributed by atoms with Crippen molar-refractivity contribution < 1.29 is 0 Å². The topological polar surface area (TPSA) is 26.0 Å². The van der Waals surface area contributed by atoms with Crippen molar-refractivity contribution in [3.63, 3.8) is 0 Å². The molecule has 96 valence electrons. The lowest BCUT2D eigenvalue weighted by Crippen LogP contribution is -1.89. The fourth-order valence-electron chi connectivity index (χ4n) is 0.606. The first-order valence-corrected chi connectivity index (χ1v) is 5.87. The third-order valence-electron chi connectivity index (χ3n) is 1.34. The van der Waals surface area contributed by atoms with Gasteiger partial charge in [0.15, 0.2) is 0 Å². The van der Waals surface area contributed by atoms with Crippen molar-refractivity contribution in [3.8, 4) is 0 Å². The Kier molecular flexibility index (Phi) is 20.2. The van der Waals surface area contributed by atoms with Crippen LogP contribution in [0.15, 0.2) is 73.5 Å². The molecule has 0 unspecified atom stereocenters. The highest BCUT2D eigenvalue weighted by Gasteiger charge is 1.89. The molecule has 0 aromatic carbocycles. The molecular weight excluding hydrogens is 206 g/mol. The molecule has 0 spiro atoms. The molecule has 0 radical (unpaired) electrons. The number of allylic oxidation sites excluding steroid dienone is 7. The summed E-state index contributed by atoms with van der Waals surface area (Å²) in [7, 11) is 0. The zero-order chi connectivity index (χ0) is 14.3. The van der Waals surface area contributed by atoms with Gasteiger partial charge in [-0.05, 0) is 17.2 Å². The molecule has 0 aliphatic rings. The lowest BCUT2D eigenvalue weighted by atomic mass is 10.1. The molecule has 0 heterocycles. The molecule has 0 atom stereocenters. The fourth-order valence-corrected chi connectivity index (χ4v) is 0.606. The molecule has 0 saturated heterocycles. The molecule has 0 aromatic heterocycles. The quantitative estimate of drug-likeness (QED) is 0.670. The Labute approximate surface area is 107 Å². The van der Waals surface area contributed by atoms with Crippen molar-refractivity contribution in [2.75, 3.05) is 0 Å². The van der Waals surface area contributed by atoms with Crippen LogP contribution in [0.5, 0.6) is 0 Å². The van der Waals surface area contributed by atoms with Crippen LogP contribution in [-0.4, -0.2) is 0 Å². The molecule has 0 amide bonds. The van der Waals surface area contributed by atoms with Crippen LogP contribution in [-0.2, 0) is 0 Å². The predicted octanol–water partition coefficient (Wildman–Crippen LogP) is 4.92. The average molecular weight is 233 g/mol. The van der Waals surface area contributed by atoms with Gasteiger partial charge in [-0.2, -0.15) is 0 Å². The smallest absolute Gasteiger partial charge is 0.0241 e. The van der Waals surface area contributed by atoms with Gasteiger partial charge in [-0.3, -0.25) is 0 Å². The van der Waals surface area contributed by atoms with E-state index in [1.54, 1.807) is 24.3 Å². The highest BCUT2D eigenvalue weighted by molar-refractivity contribution is 5.44. The summed E-state index contributed by atoms with van der Waals surface area (Å²) in [4.78, 5) is 0. The van der Waals surface area contributed by atoms with Gasteiger partial charge in [0.05, 0.1) is 0 Å². The molecule has 0 aromatic rings. The monoisotopic (exact) mass is 233 g/mol. The summed E-state index contributed by atoms with van der Waals surface area (Å²) in [6.07, 6.45) is 8.79. The molecule has 0 aliphatic carbocycles. The van der Waals surface area contributed by atoms with Crippen molar-refractivity contribution >= 4 is 0 Å². The highest BCUT2D eigenvalue weighted by atomic mass is 14.5. The molecular formula is C16H27N. The third-order valence-corrected chi connectivity index (χ3v) is 1.34. The van der Waals surface area contributed by atoms with Gasteiger partial charge in [0, 0.05) is 5.70 Å². The standard InChI is InChI=1S/C12H15N.2C2H6/c1-5-6-7-10(2)11(3)8-9-12(4)13;2*1-2/h5-9H,1-4,13H2;2*1-2H3/b7-6-,9-8-;;. The first-order valence-electron chi connectivity index (χ1n) is 5.87. The Hall–Kier alpha value is -1.76. The van der Waals surface area contributed by atoms with Crippen molar-refractivity contribution in [3.05, 3.63) is 73.5 Å². The Morgan fingerprint density at radius 3 is 1.59 bits per heavy atom. The summed E-state index contributed by atoms with van der Waals surface area (Å²) in [6, 6.07) is 0. The first kappa shape index (κ1) is 20.6. The summed E-state index contributed by atoms with van der Waals surface area (Å²) in [6.45, 7) is 22.7. The minimum Gasteiger partial charge on any atom is -0.399 e. The number of rotatable bonds is 5. The second kappa shape index (κ2) is 16.7. The number of hydrogen-bond donors (Lipinski definition) is 1. The van der Waals surface area contributed by atoms with Crippen LogP contribution in [0.1, 0.15) is 27.7 Å². The summed E-state index contributed by atoms with van der Waals surface area (Å²) in [5.41, 5.74) is 7.50. The van der Waals surface area contributed by atoms with Crippen LogP contribution >= 0.6 is 0 Å². The van der Waals surface area contributed by atoms with E-state index in [0.717, 1.165) is 11.1 Å². The average Bonchev–Trinajstić information content (AvgIpc) is 2.37. The maximum absolute atomic E-state index is 5.35. The molecule has 1 heteroatoms. The van der Waals surface area contributed by atoms with Gasteiger partial charge in [0.2, 0.25) is 0 Å². The van der Waals surface area contributed by atoms with Crippen LogP contribution in [0.2, 0.25) is 0 Å². The van der Waals surface area contributed by atoms with E-state index in [-0.39, 0.29) is 0 Å². The van der Waals surface area contributed by atoms with Gasteiger partial charge in [0.1, 0.15) is 0 Å². The zero-order valence-electron chi connectivity index (χ0n) is 11.8. The Bertz CT molecular complexity index is 291. The summed E-state index contributed by atoms with van der Waals surface area (Å²) in [5.74, 6) is 0. The van der Waals surface area contributed by atoms with Gasteiger partial charge in [-0.25, -0.2) is 0 Å². The van der Waals surface area contributed by atoms with Crippen molar-refractivity contribution in [2.24, 2.45) is 5.73 Å². The first-order chi connectivity index (χ1) is 8.07. The predicted molar refractivity (Wildman–Crippen MR) is 82.8 cm³/mol. The summed E-state index contributed by atoms with van der Waals surface area (Å²) >= 11 is 0. The maximum atomic E-state index is 5.35. The van der Waals surface area contributed by atoms with Crippen LogP contribution in [0.4, 0.5) is 0 Å². The van der Waals surface area contributed by atoms with E-state index in [4.69, 9.17) is 5.73 Å². The SMILES string of the molecule is C=C/C=C\C(=C)C(=C)/C=C\C(=C)N.CC.CC. The van der Waals surface area contributed by atoms with Gasteiger partial charge < -0.3 is 5.73 Å². The Balaban J connectivity index is -0.000000439. The molecule has 0 bridgehead atoms. The van der Waals surface area contributed by atoms with Gasteiger partial charge in [-0.15, -0.1) is 0 Å². The second-order valence-electron chi connectivity index (χ2n) is 2.55. The van der Waals surface area contributed by atoms with E-state index >= 15 is 0 Å². The normalized spacial score (nSPS) is 8.71. The lowest BCUT2D eigenvalue weighted by Gasteiger charge is -1.97. The number of hydrogen-bond acceptors (Lipinski definition) is 1. The number of nitrogens with two attached hydrogens (primary N) is 1. The minimum absolute atomic E-state index is 0.502. The van der Waals surface area contributed by atoms with Crippen LogP contribution in [0.25, 0.3) is 0 Å². The van der Waals surface area contributed by atoms with E-state index in [1.807, 2.05) is 33.8 Å². The minimum atomic E-state index is 0.502. The lowest BCUT2D eigenvalue weighted by molar-refractivity contribution is 1.44. The third kappa shape index (κ3) is 16.9. The molecule has 0 fully saturated rings. The van der Waals surface area contributed by atoms with Crippen LogP contribution in [0.3, 0.4) is 0 Å². The van der Waals surface area contributed by atoms with Gasteiger partial charge in [-0.1, -0.05) is 78.3 Å². The fraction of sp³-hybridized carbons (Fsp3) is 0.250. The largest absolute Gasteiger partial charge is 0.399 e. The van der Waals surface area contributed by atoms with Gasteiger partial charge >= 0.3 is 0 Å². The van der Waals surface area contributed by atoms with E-state index in [2.05, 4.69) is 26.3 Å². The van der Waals surface area contributed by atoms with E-state index in [0.29, 0.717) is 5.70 Å². The van der Waals surface area contributed by atoms with Crippen LogP contribution in [0, 0.1) is 0 Å². The molecule has 0 saturated carbocycles. The van der Waals surface area contributed by atoms with Crippen LogP contribution < -0.4 is 5.73 Å². The van der Waals surface area contributed by atoms with Crippen molar-refractivity contribution in [1.29, 1.82) is 0 Å². The van der Waals surface area contributed by atoms with E-state index < -0.39 is 0 Å². The molecule has 1 nitrogen and oxygen atoms in total. The van der Waals surface area contributed by atoms with Crippen molar-refractivity contribution in [2.45, 2.75) is 27.7 Å².